The van der Waals surface area contributed by atoms with Gasteiger partial charge in [-0.05, 0) is 88.5 Å². The van der Waals surface area contributed by atoms with Crippen molar-refractivity contribution in [2.24, 2.45) is 0 Å². The van der Waals surface area contributed by atoms with Crippen molar-refractivity contribution in [3.63, 3.8) is 0 Å². The van der Waals surface area contributed by atoms with Crippen molar-refractivity contribution >= 4 is 91.7 Å². The Balaban J connectivity index is 1.15. The Bertz CT molecular complexity index is 2920. The smallest absolute Gasteiger partial charge is 0.0468 e. The molecule has 0 aliphatic carbocycles. The molecule has 0 fully saturated rings. The Morgan fingerprint density at radius 1 is 0.396 bits per heavy atom. The zero-order valence-electron chi connectivity index (χ0n) is 28.8. The second-order valence-electron chi connectivity index (χ2n) is 13.3. The summed E-state index contributed by atoms with van der Waals surface area (Å²) in [4.78, 5) is 2.41. The van der Waals surface area contributed by atoms with Crippen molar-refractivity contribution in [3.05, 3.63) is 211 Å². The van der Waals surface area contributed by atoms with Crippen LogP contribution in [0.15, 0.2) is 194 Å². The fraction of sp³-hybridized carbons (Fsp3) is 0. The molecular formula is C50H33NS2. The number of fused-ring (bicyclic) bond motifs is 6. The van der Waals surface area contributed by atoms with Gasteiger partial charge in [0.1, 0.15) is 0 Å². The topological polar surface area (TPSA) is 3.24 Å². The molecule has 10 aromatic rings. The minimum absolute atomic E-state index is 1.13. The quantitative estimate of drug-likeness (QED) is 0.149. The van der Waals surface area contributed by atoms with Crippen LogP contribution in [0.5, 0.6) is 0 Å². The molecule has 0 aliphatic heterocycles. The van der Waals surface area contributed by atoms with Gasteiger partial charge >= 0.3 is 0 Å². The Morgan fingerprint density at radius 3 is 1.68 bits per heavy atom. The van der Waals surface area contributed by atoms with Gasteiger partial charge in [-0.15, -0.1) is 22.7 Å². The van der Waals surface area contributed by atoms with Gasteiger partial charge in [-0.1, -0.05) is 140 Å². The molecule has 10 rings (SSSR count). The Morgan fingerprint density at radius 2 is 0.943 bits per heavy atom. The average molecular weight is 712 g/mol. The van der Waals surface area contributed by atoms with E-state index >= 15 is 0 Å². The van der Waals surface area contributed by atoms with E-state index in [1.165, 1.54) is 73.7 Å². The van der Waals surface area contributed by atoms with E-state index in [4.69, 9.17) is 0 Å². The standard InChI is InChI=1S/C50H33NS2/c1-4-13-34(14-5-1)31-44(37-17-8-3-9-18-37)42-20-12-21-43-46-33-40(28-30-49(46)53-50(42)43)51(38-25-23-36(24-26-38)35-15-6-2-7-16-35)39-27-29-48-45(32-39)41-19-10-11-22-47(41)52-48/h1-33H/b44-31-. The molecule has 0 atom stereocenters. The number of hydrogen-bond donors (Lipinski definition) is 0. The van der Waals surface area contributed by atoms with Crippen LogP contribution in [0.25, 0.3) is 63.1 Å². The molecule has 3 heteroatoms. The molecular weight excluding hydrogens is 679 g/mol. The summed E-state index contributed by atoms with van der Waals surface area (Å²) in [7, 11) is 0. The Hall–Kier alpha value is -6.26. The number of anilines is 3. The van der Waals surface area contributed by atoms with Gasteiger partial charge in [0.2, 0.25) is 0 Å². The van der Waals surface area contributed by atoms with Crippen LogP contribution in [0.4, 0.5) is 17.1 Å². The summed E-state index contributed by atoms with van der Waals surface area (Å²) in [6.45, 7) is 0. The van der Waals surface area contributed by atoms with Crippen LogP contribution in [-0.2, 0) is 0 Å². The van der Waals surface area contributed by atoms with Crippen LogP contribution < -0.4 is 4.90 Å². The largest absolute Gasteiger partial charge is 0.310 e. The SMILES string of the molecule is C(=C(\c1ccccc1)c1cccc2c1sc1ccc(N(c3ccc(-c4ccccc4)cc3)c3ccc4sc5ccccc5c4c3)cc12)/c1ccccc1. The highest BCUT2D eigenvalue weighted by atomic mass is 32.1. The summed E-state index contributed by atoms with van der Waals surface area (Å²) in [5.41, 5.74) is 10.7. The number of thiophene rings is 2. The third-order valence-corrected chi connectivity index (χ3v) is 12.4. The third-order valence-electron chi connectivity index (χ3n) is 10.1. The fourth-order valence-corrected chi connectivity index (χ4v) is 9.82. The summed E-state index contributed by atoms with van der Waals surface area (Å²) in [6, 6.07) is 70.5. The third kappa shape index (κ3) is 5.81. The van der Waals surface area contributed by atoms with Crippen molar-refractivity contribution in [2.75, 3.05) is 4.90 Å². The summed E-state index contributed by atoms with van der Waals surface area (Å²) in [6.07, 6.45) is 2.32. The highest BCUT2D eigenvalue weighted by Crippen LogP contribution is 2.45. The van der Waals surface area contributed by atoms with Gasteiger partial charge in [-0.2, -0.15) is 0 Å². The van der Waals surface area contributed by atoms with Gasteiger partial charge in [0.25, 0.3) is 0 Å². The van der Waals surface area contributed by atoms with Crippen molar-refractivity contribution in [1.29, 1.82) is 0 Å². The maximum absolute atomic E-state index is 2.41. The molecule has 250 valence electrons. The van der Waals surface area contributed by atoms with E-state index < -0.39 is 0 Å². The minimum Gasteiger partial charge on any atom is -0.310 e. The first-order chi connectivity index (χ1) is 26.3. The van der Waals surface area contributed by atoms with Gasteiger partial charge in [0.15, 0.2) is 0 Å². The van der Waals surface area contributed by atoms with E-state index in [2.05, 4.69) is 205 Å². The lowest BCUT2D eigenvalue weighted by Gasteiger charge is -2.26. The number of benzene rings is 8. The lowest BCUT2D eigenvalue weighted by molar-refractivity contribution is 1.30. The summed E-state index contributed by atoms with van der Waals surface area (Å²) < 4.78 is 5.20. The minimum atomic E-state index is 1.13. The predicted octanol–water partition coefficient (Wildman–Crippen LogP) is 15.1. The molecule has 0 saturated carbocycles. The average Bonchev–Trinajstić information content (AvgIpc) is 3.79. The lowest BCUT2D eigenvalue weighted by Crippen LogP contribution is -2.09. The normalized spacial score (nSPS) is 11.9. The zero-order valence-corrected chi connectivity index (χ0v) is 30.4. The summed E-state index contributed by atoms with van der Waals surface area (Å²) >= 11 is 3.74. The zero-order chi connectivity index (χ0) is 35.1. The summed E-state index contributed by atoms with van der Waals surface area (Å²) in [5, 5.41) is 5.14. The maximum Gasteiger partial charge on any atom is 0.0468 e. The van der Waals surface area contributed by atoms with E-state index in [1.54, 1.807) is 0 Å². The number of rotatable bonds is 7. The molecule has 0 radical (unpaired) electrons. The van der Waals surface area contributed by atoms with Crippen LogP contribution in [0.2, 0.25) is 0 Å². The highest BCUT2D eigenvalue weighted by molar-refractivity contribution is 7.26. The van der Waals surface area contributed by atoms with Crippen LogP contribution in [0.3, 0.4) is 0 Å². The second kappa shape index (κ2) is 13.4. The van der Waals surface area contributed by atoms with E-state index in [0.29, 0.717) is 0 Å². The molecule has 2 heterocycles. The van der Waals surface area contributed by atoms with Crippen LogP contribution in [-0.4, -0.2) is 0 Å². The first-order valence-corrected chi connectivity index (χ1v) is 19.5. The van der Waals surface area contributed by atoms with Gasteiger partial charge in [0, 0.05) is 63.0 Å². The number of nitrogens with zero attached hydrogens (tertiary/aromatic N) is 1. The maximum atomic E-state index is 2.41. The molecule has 1 nitrogen and oxygen atoms in total. The van der Waals surface area contributed by atoms with Crippen LogP contribution in [0, 0.1) is 0 Å². The second-order valence-corrected chi connectivity index (χ2v) is 15.5. The highest BCUT2D eigenvalue weighted by Gasteiger charge is 2.19. The van der Waals surface area contributed by atoms with Gasteiger partial charge in [-0.3, -0.25) is 0 Å². The van der Waals surface area contributed by atoms with E-state index in [0.717, 1.165) is 17.1 Å². The molecule has 0 N–H and O–H groups in total. The van der Waals surface area contributed by atoms with Gasteiger partial charge in [-0.25, -0.2) is 0 Å². The van der Waals surface area contributed by atoms with Crippen molar-refractivity contribution in [1.82, 2.24) is 0 Å². The Labute approximate surface area is 317 Å². The molecule has 0 amide bonds. The van der Waals surface area contributed by atoms with E-state index in [9.17, 15) is 0 Å². The molecule has 0 bridgehead atoms. The first kappa shape index (κ1) is 31.5. The van der Waals surface area contributed by atoms with Crippen LogP contribution >= 0.6 is 22.7 Å². The monoisotopic (exact) mass is 711 g/mol. The van der Waals surface area contributed by atoms with E-state index in [1.807, 2.05) is 22.7 Å². The molecule has 2 aromatic heterocycles. The van der Waals surface area contributed by atoms with E-state index in [-0.39, 0.29) is 0 Å². The van der Waals surface area contributed by atoms with Crippen molar-refractivity contribution < 1.29 is 0 Å². The van der Waals surface area contributed by atoms with Gasteiger partial charge in [0.05, 0.1) is 0 Å². The number of hydrogen-bond acceptors (Lipinski definition) is 3. The van der Waals surface area contributed by atoms with Gasteiger partial charge < -0.3 is 4.90 Å². The molecule has 0 unspecified atom stereocenters. The molecule has 0 aliphatic rings. The van der Waals surface area contributed by atoms with Crippen molar-refractivity contribution in [2.45, 2.75) is 0 Å². The molecule has 0 saturated heterocycles. The Kier molecular flexibility index (Phi) is 7.94. The fourth-order valence-electron chi connectivity index (χ4n) is 7.52. The van der Waals surface area contributed by atoms with Crippen molar-refractivity contribution in [3.8, 4) is 11.1 Å². The molecule has 0 spiro atoms. The predicted molar refractivity (Wildman–Crippen MR) is 232 cm³/mol. The van der Waals surface area contributed by atoms with Crippen LogP contribution in [0.1, 0.15) is 16.7 Å². The molecule has 8 aromatic carbocycles. The first-order valence-electron chi connectivity index (χ1n) is 17.9. The molecule has 53 heavy (non-hydrogen) atoms. The lowest BCUT2D eigenvalue weighted by atomic mass is 9.94. The summed E-state index contributed by atoms with van der Waals surface area (Å²) in [5.74, 6) is 0.